The van der Waals surface area contributed by atoms with Gasteiger partial charge in [0.1, 0.15) is 0 Å². The Labute approximate surface area is 101 Å². The first kappa shape index (κ1) is 11.5. The molecule has 0 aromatic heterocycles. The van der Waals surface area contributed by atoms with Gasteiger partial charge in [-0.3, -0.25) is 4.79 Å². The third-order valence-electron chi connectivity index (χ3n) is 2.73. The first-order valence-corrected chi connectivity index (χ1v) is 6.73. The van der Waals surface area contributed by atoms with E-state index < -0.39 is 0 Å². The van der Waals surface area contributed by atoms with Crippen molar-refractivity contribution in [3.63, 3.8) is 0 Å². The van der Waals surface area contributed by atoms with E-state index >= 15 is 0 Å². The van der Waals surface area contributed by atoms with Crippen molar-refractivity contribution in [2.75, 3.05) is 17.2 Å². The van der Waals surface area contributed by atoms with E-state index in [4.69, 9.17) is 0 Å². The van der Waals surface area contributed by atoms with Gasteiger partial charge in [-0.2, -0.15) is 0 Å². The highest BCUT2D eigenvalue weighted by Crippen LogP contribution is 2.28. The number of benzene rings is 1. The van der Waals surface area contributed by atoms with E-state index in [9.17, 15) is 4.79 Å². The Kier molecular flexibility index (Phi) is 3.54. The van der Waals surface area contributed by atoms with Crippen molar-refractivity contribution in [2.45, 2.75) is 25.5 Å². The fourth-order valence-corrected chi connectivity index (χ4v) is 2.54. The van der Waals surface area contributed by atoms with Gasteiger partial charge in [-0.05, 0) is 23.3 Å². The number of anilines is 1. The summed E-state index contributed by atoms with van der Waals surface area (Å²) in [5.74, 6) is 0.829. The fourth-order valence-electron chi connectivity index (χ4n) is 1.91. The van der Waals surface area contributed by atoms with Crippen LogP contribution in [0.15, 0.2) is 24.3 Å². The smallest absolute Gasteiger partial charge is 0.237 e. The highest BCUT2D eigenvalue weighted by Gasteiger charge is 2.23. The highest BCUT2D eigenvalue weighted by atomic mass is 32.2. The van der Waals surface area contributed by atoms with Gasteiger partial charge < -0.3 is 4.90 Å². The molecule has 1 heterocycles. The van der Waals surface area contributed by atoms with Gasteiger partial charge in [0.15, 0.2) is 0 Å². The van der Waals surface area contributed by atoms with Crippen LogP contribution in [0.25, 0.3) is 0 Å². The molecule has 1 aromatic rings. The molecule has 0 unspecified atom stereocenters. The lowest BCUT2D eigenvalue weighted by Crippen LogP contribution is -2.30. The standard InChI is InChI=1S/C13H17NOS/c1-10(2)16-9-13(15)14-8-7-11-5-3-4-6-12(11)14/h3-6,10H,7-9H2,1-2H3. The molecular formula is C13H17NOS. The topological polar surface area (TPSA) is 20.3 Å². The largest absolute Gasteiger partial charge is 0.311 e. The number of nitrogens with zero attached hydrogens (tertiary/aromatic N) is 1. The SMILES string of the molecule is CC(C)SCC(=O)N1CCc2ccccc21. The Morgan fingerprint density at radius 2 is 2.19 bits per heavy atom. The number of carbonyl (C=O) groups excluding carboxylic acids is 1. The van der Waals surface area contributed by atoms with Gasteiger partial charge in [0.25, 0.3) is 0 Å². The van der Waals surface area contributed by atoms with Crippen LogP contribution in [0.1, 0.15) is 19.4 Å². The molecule has 1 aromatic carbocycles. The van der Waals surface area contributed by atoms with Crippen molar-refractivity contribution in [2.24, 2.45) is 0 Å². The first-order valence-electron chi connectivity index (χ1n) is 5.68. The van der Waals surface area contributed by atoms with Crippen LogP contribution in [0.5, 0.6) is 0 Å². The predicted octanol–water partition coefficient (Wildman–Crippen LogP) is 2.72. The van der Waals surface area contributed by atoms with Crippen LogP contribution in [0.3, 0.4) is 0 Å². The lowest BCUT2D eigenvalue weighted by molar-refractivity contribution is -0.116. The van der Waals surface area contributed by atoms with Crippen molar-refractivity contribution in [3.05, 3.63) is 29.8 Å². The van der Waals surface area contributed by atoms with Crippen molar-refractivity contribution < 1.29 is 4.79 Å². The number of para-hydroxylation sites is 1. The molecule has 0 fully saturated rings. The maximum Gasteiger partial charge on any atom is 0.237 e. The molecule has 0 bridgehead atoms. The third kappa shape index (κ3) is 2.40. The molecule has 2 rings (SSSR count). The predicted molar refractivity (Wildman–Crippen MR) is 70.1 cm³/mol. The van der Waals surface area contributed by atoms with Gasteiger partial charge >= 0.3 is 0 Å². The minimum atomic E-state index is 0.239. The van der Waals surface area contributed by atoms with Crippen LogP contribution in [0.2, 0.25) is 0 Å². The Morgan fingerprint density at radius 3 is 2.94 bits per heavy atom. The number of thioether (sulfide) groups is 1. The molecule has 3 heteroatoms. The van der Waals surface area contributed by atoms with E-state index in [2.05, 4.69) is 19.9 Å². The number of amides is 1. The van der Waals surface area contributed by atoms with Crippen molar-refractivity contribution in [1.29, 1.82) is 0 Å². The van der Waals surface area contributed by atoms with Gasteiger partial charge in [-0.1, -0.05) is 32.0 Å². The zero-order valence-electron chi connectivity index (χ0n) is 9.77. The van der Waals surface area contributed by atoms with Crippen LogP contribution < -0.4 is 4.90 Å². The minimum Gasteiger partial charge on any atom is -0.311 e. The summed E-state index contributed by atoms with van der Waals surface area (Å²) >= 11 is 1.71. The molecule has 0 saturated heterocycles. The Balaban J connectivity index is 2.04. The summed E-state index contributed by atoms with van der Waals surface area (Å²) in [6.45, 7) is 5.09. The molecule has 0 radical (unpaired) electrons. The minimum absolute atomic E-state index is 0.239. The number of hydrogen-bond donors (Lipinski definition) is 0. The molecule has 1 amide bonds. The van der Waals surface area contributed by atoms with Gasteiger partial charge in [0.2, 0.25) is 5.91 Å². The average Bonchev–Trinajstić information content (AvgIpc) is 2.69. The zero-order chi connectivity index (χ0) is 11.5. The summed E-state index contributed by atoms with van der Waals surface area (Å²) in [4.78, 5) is 13.9. The lowest BCUT2D eigenvalue weighted by atomic mass is 10.2. The molecule has 16 heavy (non-hydrogen) atoms. The lowest BCUT2D eigenvalue weighted by Gasteiger charge is -2.17. The summed E-state index contributed by atoms with van der Waals surface area (Å²) in [6.07, 6.45) is 0.994. The number of rotatable bonds is 3. The van der Waals surface area contributed by atoms with Gasteiger partial charge in [0, 0.05) is 12.2 Å². The number of hydrogen-bond acceptors (Lipinski definition) is 2. The molecule has 1 aliphatic heterocycles. The van der Waals surface area contributed by atoms with E-state index in [0.29, 0.717) is 11.0 Å². The second-order valence-corrected chi connectivity index (χ2v) is 5.85. The van der Waals surface area contributed by atoms with Gasteiger partial charge in [-0.25, -0.2) is 0 Å². The molecule has 86 valence electrons. The van der Waals surface area contributed by atoms with Crippen LogP contribution in [-0.2, 0) is 11.2 Å². The molecule has 1 aliphatic rings. The quantitative estimate of drug-likeness (QED) is 0.803. The van der Waals surface area contributed by atoms with E-state index in [1.165, 1.54) is 5.56 Å². The van der Waals surface area contributed by atoms with E-state index in [-0.39, 0.29) is 5.91 Å². The van der Waals surface area contributed by atoms with E-state index in [1.807, 2.05) is 23.1 Å². The average molecular weight is 235 g/mol. The highest BCUT2D eigenvalue weighted by molar-refractivity contribution is 8.00. The Bertz CT molecular complexity index is 389. The maximum atomic E-state index is 12.0. The molecule has 0 atom stereocenters. The summed E-state index contributed by atoms with van der Waals surface area (Å²) in [7, 11) is 0. The van der Waals surface area contributed by atoms with Crippen LogP contribution >= 0.6 is 11.8 Å². The molecule has 0 spiro atoms. The second kappa shape index (κ2) is 4.91. The number of fused-ring (bicyclic) bond motifs is 1. The molecular weight excluding hydrogens is 218 g/mol. The summed E-state index contributed by atoms with van der Waals surface area (Å²) in [5, 5.41) is 0.516. The summed E-state index contributed by atoms with van der Waals surface area (Å²) < 4.78 is 0. The number of carbonyl (C=O) groups is 1. The van der Waals surface area contributed by atoms with Crippen LogP contribution in [0, 0.1) is 0 Å². The normalized spacial score (nSPS) is 14.3. The summed E-state index contributed by atoms with van der Waals surface area (Å²) in [5.41, 5.74) is 2.40. The van der Waals surface area contributed by atoms with Crippen LogP contribution in [0.4, 0.5) is 5.69 Å². The third-order valence-corrected chi connectivity index (χ3v) is 3.81. The molecule has 0 saturated carbocycles. The fraction of sp³-hybridized carbons (Fsp3) is 0.462. The first-order chi connectivity index (χ1) is 7.68. The van der Waals surface area contributed by atoms with Gasteiger partial charge in [-0.15, -0.1) is 11.8 Å². The van der Waals surface area contributed by atoms with Gasteiger partial charge in [0.05, 0.1) is 5.75 Å². The summed E-state index contributed by atoms with van der Waals surface area (Å²) in [6, 6.07) is 8.19. The van der Waals surface area contributed by atoms with Crippen molar-refractivity contribution in [1.82, 2.24) is 0 Å². The molecule has 0 N–H and O–H groups in total. The van der Waals surface area contributed by atoms with Crippen molar-refractivity contribution >= 4 is 23.4 Å². The molecule has 2 nitrogen and oxygen atoms in total. The van der Waals surface area contributed by atoms with Crippen LogP contribution in [-0.4, -0.2) is 23.5 Å². The van der Waals surface area contributed by atoms with E-state index in [1.54, 1.807) is 11.8 Å². The Morgan fingerprint density at radius 1 is 1.44 bits per heavy atom. The second-order valence-electron chi connectivity index (χ2n) is 4.28. The maximum absolute atomic E-state index is 12.0. The monoisotopic (exact) mass is 235 g/mol. The Hall–Kier alpha value is -0.960. The van der Waals surface area contributed by atoms with E-state index in [0.717, 1.165) is 18.7 Å². The van der Waals surface area contributed by atoms with Crippen molar-refractivity contribution in [3.8, 4) is 0 Å². The zero-order valence-corrected chi connectivity index (χ0v) is 10.6. The molecule has 0 aliphatic carbocycles.